The van der Waals surface area contributed by atoms with Gasteiger partial charge >= 0.3 is 5.97 Å². The number of hydrogen-bond acceptors (Lipinski definition) is 7. The molecule has 31 heavy (non-hydrogen) atoms. The summed E-state index contributed by atoms with van der Waals surface area (Å²) in [6.07, 6.45) is 1.00. The van der Waals surface area contributed by atoms with Crippen molar-refractivity contribution in [2.75, 3.05) is 50.9 Å². The van der Waals surface area contributed by atoms with Crippen LogP contribution in [0.2, 0.25) is 0 Å². The Hall–Kier alpha value is -2.94. The predicted molar refractivity (Wildman–Crippen MR) is 118 cm³/mol. The van der Waals surface area contributed by atoms with Gasteiger partial charge in [0.1, 0.15) is 11.8 Å². The second-order valence-corrected chi connectivity index (χ2v) is 7.58. The van der Waals surface area contributed by atoms with Crippen LogP contribution in [0.1, 0.15) is 26.7 Å². The van der Waals surface area contributed by atoms with Crippen LogP contribution < -0.4 is 10.3 Å². The molecule has 1 aromatic rings. The fourth-order valence-electron chi connectivity index (χ4n) is 3.88. The summed E-state index contributed by atoms with van der Waals surface area (Å²) in [6.45, 7) is 7.38. The highest BCUT2D eigenvalue weighted by atomic mass is 16.5. The Morgan fingerprint density at radius 2 is 1.87 bits per heavy atom. The Morgan fingerprint density at radius 1 is 1.10 bits per heavy atom. The zero-order chi connectivity index (χ0) is 22.2. The number of hydrazone groups is 1. The van der Waals surface area contributed by atoms with Crippen molar-refractivity contribution in [3.05, 3.63) is 30.3 Å². The molecule has 0 radical (unpaired) electrons. The maximum absolute atomic E-state index is 13.5. The molecule has 1 atom stereocenters. The molecule has 2 aliphatic heterocycles. The summed E-state index contributed by atoms with van der Waals surface area (Å²) in [7, 11) is 0. The van der Waals surface area contributed by atoms with Crippen LogP contribution in [0.15, 0.2) is 35.4 Å². The number of nitrogens with zero attached hydrogens (tertiary/aromatic N) is 4. The molecule has 2 heterocycles. The van der Waals surface area contributed by atoms with Crippen LogP contribution in [0.4, 0.5) is 5.69 Å². The highest BCUT2D eigenvalue weighted by molar-refractivity contribution is 6.38. The molecule has 1 aromatic carbocycles. The molecule has 0 spiro atoms. The van der Waals surface area contributed by atoms with Crippen molar-refractivity contribution in [3.63, 3.8) is 0 Å². The minimum absolute atomic E-state index is 0.000741. The number of anilines is 1. The number of amides is 2. The average Bonchev–Trinajstić information content (AvgIpc) is 3.09. The normalized spacial score (nSPS) is 19.5. The number of likely N-dealkylation sites (N-methyl/N-ethyl adjacent to an activating group) is 1. The number of ether oxygens (including phenoxy) is 1. The molecule has 168 valence electrons. The Labute approximate surface area is 183 Å². The van der Waals surface area contributed by atoms with E-state index in [0.717, 1.165) is 18.7 Å². The van der Waals surface area contributed by atoms with E-state index in [0.29, 0.717) is 32.7 Å². The summed E-state index contributed by atoms with van der Waals surface area (Å²) < 4.78 is 5.11. The van der Waals surface area contributed by atoms with Gasteiger partial charge in [-0.3, -0.25) is 19.5 Å². The Morgan fingerprint density at radius 3 is 2.58 bits per heavy atom. The summed E-state index contributed by atoms with van der Waals surface area (Å²) in [5.74, 6) is -0.546. The second kappa shape index (κ2) is 10.9. The Balaban J connectivity index is 1.70. The molecule has 1 fully saturated rings. The van der Waals surface area contributed by atoms with Crippen LogP contribution in [0.25, 0.3) is 0 Å². The van der Waals surface area contributed by atoms with Gasteiger partial charge in [0.05, 0.1) is 18.8 Å². The fraction of sp³-hybridized carbons (Fsp3) is 0.545. The lowest BCUT2D eigenvalue weighted by molar-refractivity contribution is -0.135. The third-order valence-electron chi connectivity index (χ3n) is 5.37. The molecular weight excluding hydrogens is 398 g/mol. The lowest BCUT2D eigenvalue weighted by atomic mass is 10.1. The SMILES string of the molecule is CCNC(=O)CN1CCCN(C(=O)C2CC(C(=O)OCC)=NN2c2ccccc2)CC1. The smallest absolute Gasteiger partial charge is 0.354 e. The first-order valence-corrected chi connectivity index (χ1v) is 10.9. The lowest BCUT2D eigenvalue weighted by Gasteiger charge is -2.29. The molecule has 1 N–H and O–H groups in total. The summed E-state index contributed by atoms with van der Waals surface area (Å²) >= 11 is 0. The van der Waals surface area contributed by atoms with E-state index >= 15 is 0 Å². The van der Waals surface area contributed by atoms with E-state index in [1.807, 2.05) is 42.2 Å². The van der Waals surface area contributed by atoms with E-state index in [1.165, 1.54) is 0 Å². The van der Waals surface area contributed by atoms with Crippen molar-refractivity contribution in [2.24, 2.45) is 5.10 Å². The summed E-state index contributed by atoms with van der Waals surface area (Å²) in [6, 6.07) is 8.80. The second-order valence-electron chi connectivity index (χ2n) is 7.58. The van der Waals surface area contributed by atoms with Gasteiger partial charge in [-0.05, 0) is 32.4 Å². The molecule has 0 aliphatic carbocycles. The summed E-state index contributed by atoms with van der Waals surface area (Å²) in [5.41, 5.74) is 1.02. The highest BCUT2D eigenvalue weighted by Crippen LogP contribution is 2.26. The first-order valence-electron chi connectivity index (χ1n) is 10.9. The van der Waals surface area contributed by atoms with Gasteiger partial charge in [0.2, 0.25) is 11.8 Å². The molecule has 9 nitrogen and oxygen atoms in total. The van der Waals surface area contributed by atoms with Gasteiger partial charge in [-0.25, -0.2) is 4.79 Å². The third-order valence-corrected chi connectivity index (χ3v) is 5.37. The standard InChI is InChI=1S/C22H31N5O4/c1-3-23-20(28)16-25-11-8-12-26(14-13-25)21(29)19-15-18(22(30)31-4-2)24-27(19)17-9-6-5-7-10-17/h5-7,9-10,19H,3-4,8,11-16H2,1-2H3,(H,23,28). The zero-order valence-electron chi connectivity index (χ0n) is 18.2. The largest absolute Gasteiger partial charge is 0.461 e. The molecule has 0 saturated carbocycles. The average molecular weight is 430 g/mol. The number of benzene rings is 1. The van der Waals surface area contributed by atoms with Gasteiger partial charge in [-0.1, -0.05) is 18.2 Å². The number of esters is 1. The predicted octanol–water partition coefficient (Wildman–Crippen LogP) is 0.855. The Kier molecular flexibility index (Phi) is 8.00. The molecule has 3 rings (SSSR count). The number of rotatable bonds is 7. The van der Waals surface area contributed by atoms with Gasteiger partial charge in [0.25, 0.3) is 0 Å². The van der Waals surface area contributed by atoms with Crippen molar-refractivity contribution in [1.29, 1.82) is 0 Å². The third kappa shape index (κ3) is 5.81. The van der Waals surface area contributed by atoms with E-state index in [2.05, 4.69) is 15.3 Å². The van der Waals surface area contributed by atoms with E-state index in [9.17, 15) is 14.4 Å². The van der Waals surface area contributed by atoms with Gasteiger partial charge in [0, 0.05) is 39.1 Å². The minimum Gasteiger partial charge on any atom is -0.461 e. The summed E-state index contributed by atoms with van der Waals surface area (Å²) in [5, 5.41) is 8.88. The quantitative estimate of drug-likeness (QED) is 0.646. The van der Waals surface area contributed by atoms with E-state index < -0.39 is 12.0 Å². The molecule has 9 heteroatoms. The number of carbonyl (C=O) groups excluding carboxylic acids is 3. The first-order chi connectivity index (χ1) is 15.0. The molecule has 2 amide bonds. The number of para-hydroxylation sites is 1. The first kappa shape index (κ1) is 22.7. The van der Waals surface area contributed by atoms with E-state index in [-0.39, 0.29) is 30.6 Å². The molecule has 0 bridgehead atoms. The van der Waals surface area contributed by atoms with Gasteiger partial charge in [0.15, 0.2) is 0 Å². The van der Waals surface area contributed by atoms with Crippen LogP contribution in [0.3, 0.4) is 0 Å². The number of carbonyl (C=O) groups is 3. The number of nitrogens with one attached hydrogen (secondary N) is 1. The van der Waals surface area contributed by atoms with Gasteiger partial charge in [-0.2, -0.15) is 5.10 Å². The van der Waals surface area contributed by atoms with Gasteiger partial charge < -0.3 is 15.0 Å². The van der Waals surface area contributed by atoms with Crippen molar-refractivity contribution in [1.82, 2.24) is 15.1 Å². The highest BCUT2D eigenvalue weighted by Gasteiger charge is 2.39. The van der Waals surface area contributed by atoms with Crippen LogP contribution in [-0.4, -0.2) is 85.2 Å². The molecule has 0 aromatic heterocycles. The maximum atomic E-state index is 13.5. The maximum Gasteiger partial charge on any atom is 0.354 e. The van der Waals surface area contributed by atoms with Crippen LogP contribution in [0, 0.1) is 0 Å². The van der Waals surface area contributed by atoms with Crippen molar-refractivity contribution in [3.8, 4) is 0 Å². The molecular formula is C22H31N5O4. The van der Waals surface area contributed by atoms with Crippen LogP contribution >= 0.6 is 0 Å². The zero-order valence-corrected chi connectivity index (χ0v) is 18.2. The van der Waals surface area contributed by atoms with E-state index in [1.54, 1.807) is 11.9 Å². The minimum atomic E-state index is -0.586. The van der Waals surface area contributed by atoms with Crippen LogP contribution in [0.5, 0.6) is 0 Å². The summed E-state index contributed by atoms with van der Waals surface area (Å²) in [4.78, 5) is 41.5. The topological polar surface area (TPSA) is 94.5 Å². The monoisotopic (exact) mass is 429 g/mol. The van der Waals surface area contributed by atoms with Crippen molar-refractivity contribution in [2.45, 2.75) is 32.7 Å². The fourth-order valence-corrected chi connectivity index (χ4v) is 3.88. The number of hydrogen-bond donors (Lipinski definition) is 1. The van der Waals surface area contributed by atoms with Gasteiger partial charge in [-0.15, -0.1) is 0 Å². The molecule has 2 aliphatic rings. The Bertz CT molecular complexity index is 813. The van der Waals surface area contributed by atoms with Crippen molar-refractivity contribution >= 4 is 29.2 Å². The lowest BCUT2D eigenvalue weighted by Crippen LogP contribution is -2.47. The van der Waals surface area contributed by atoms with E-state index in [4.69, 9.17) is 4.74 Å². The van der Waals surface area contributed by atoms with Crippen molar-refractivity contribution < 1.29 is 19.1 Å². The molecule has 1 saturated heterocycles. The van der Waals surface area contributed by atoms with Crippen LogP contribution in [-0.2, 0) is 19.1 Å². The molecule has 1 unspecified atom stereocenters.